The third-order valence-electron chi connectivity index (χ3n) is 2.76. The summed E-state index contributed by atoms with van der Waals surface area (Å²) in [4.78, 5) is 22.2. The smallest absolute Gasteiger partial charge is 0.290 e. The lowest BCUT2D eigenvalue weighted by molar-refractivity contribution is 0.626. The Labute approximate surface area is 111 Å². The van der Waals surface area contributed by atoms with E-state index in [4.69, 9.17) is 11.6 Å². The van der Waals surface area contributed by atoms with Crippen LogP contribution in [0, 0.1) is 5.82 Å². The fourth-order valence-corrected chi connectivity index (χ4v) is 1.98. The number of H-pyrrole nitrogens is 1. The summed E-state index contributed by atoms with van der Waals surface area (Å²) in [6.45, 7) is 0.310. The van der Waals surface area contributed by atoms with Crippen LogP contribution >= 0.6 is 11.6 Å². The molecular formula is C12H8ClFN4O. The van der Waals surface area contributed by atoms with Crippen LogP contribution in [0.4, 0.5) is 4.39 Å². The van der Waals surface area contributed by atoms with Crippen molar-refractivity contribution in [2.75, 3.05) is 0 Å². The van der Waals surface area contributed by atoms with Gasteiger partial charge in [0.1, 0.15) is 11.3 Å². The second kappa shape index (κ2) is 4.47. The molecule has 0 aliphatic rings. The van der Waals surface area contributed by atoms with Crippen molar-refractivity contribution >= 4 is 22.8 Å². The molecule has 0 bridgehead atoms. The molecule has 2 aromatic heterocycles. The summed E-state index contributed by atoms with van der Waals surface area (Å²) < 4.78 is 14.3. The lowest BCUT2D eigenvalue weighted by Gasteiger charge is -2.03. The van der Waals surface area contributed by atoms with Crippen LogP contribution in [0.5, 0.6) is 0 Å². The minimum atomic E-state index is -0.315. The van der Waals surface area contributed by atoms with E-state index in [-0.39, 0.29) is 16.8 Å². The molecule has 0 spiro atoms. The molecule has 0 radical (unpaired) electrons. The van der Waals surface area contributed by atoms with Crippen molar-refractivity contribution in [1.82, 2.24) is 19.5 Å². The molecule has 0 aliphatic heterocycles. The number of nitrogens with zero attached hydrogens (tertiary/aromatic N) is 3. The first-order chi connectivity index (χ1) is 9.13. The number of rotatable bonds is 2. The predicted octanol–water partition coefficient (Wildman–Crippen LogP) is 1.96. The molecule has 0 atom stereocenters. The predicted molar refractivity (Wildman–Crippen MR) is 68.7 cm³/mol. The van der Waals surface area contributed by atoms with Crippen LogP contribution in [0.15, 0.2) is 35.3 Å². The molecule has 0 fully saturated rings. The molecule has 3 aromatic rings. The molecule has 5 nitrogen and oxygen atoms in total. The molecule has 0 amide bonds. The highest BCUT2D eigenvalue weighted by molar-refractivity contribution is 6.28. The van der Waals surface area contributed by atoms with E-state index in [1.807, 2.05) is 0 Å². The highest BCUT2D eigenvalue weighted by atomic mass is 35.5. The van der Waals surface area contributed by atoms with Crippen LogP contribution < -0.4 is 5.69 Å². The molecule has 0 unspecified atom stereocenters. The van der Waals surface area contributed by atoms with E-state index < -0.39 is 0 Å². The van der Waals surface area contributed by atoms with Gasteiger partial charge in [0.15, 0.2) is 5.65 Å². The number of aromatic amines is 1. The Balaban J connectivity index is 2.07. The maximum Gasteiger partial charge on any atom is 0.328 e. The first kappa shape index (κ1) is 11.9. The maximum atomic E-state index is 12.8. The Bertz CT molecular complexity index is 794. The van der Waals surface area contributed by atoms with Gasteiger partial charge >= 0.3 is 5.69 Å². The zero-order chi connectivity index (χ0) is 13.4. The molecule has 1 aromatic carbocycles. The Morgan fingerprint density at radius 1 is 1.32 bits per heavy atom. The van der Waals surface area contributed by atoms with Crippen LogP contribution in [-0.2, 0) is 6.54 Å². The molecule has 3 rings (SSSR count). The third-order valence-corrected chi connectivity index (χ3v) is 2.94. The van der Waals surface area contributed by atoms with Gasteiger partial charge in [-0.25, -0.2) is 14.2 Å². The largest absolute Gasteiger partial charge is 0.328 e. The van der Waals surface area contributed by atoms with Crippen molar-refractivity contribution in [2.45, 2.75) is 6.54 Å². The quantitative estimate of drug-likeness (QED) is 0.729. The van der Waals surface area contributed by atoms with Crippen LogP contribution in [0.1, 0.15) is 5.56 Å². The van der Waals surface area contributed by atoms with Gasteiger partial charge in [-0.15, -0.1) is 0 Å². The average Bonchev–Trinajstić information content (AvgIpc) is 2.68. The van der Waals surface area contributed by atoms with Gasteiger partial charge in [-0.05, 0) is 29.3 Å². The van der Waals surface area contributed by atoms with Crippen LogP contribution in [0.2, 0.25) is 5.28 Å². The molecule has 0 aliphatic carbocycles. The summed E-state index contributed by atoms with van der Waals surface area (Å²) in [5, 5.41) is 0.0719. The summed E-state index contributed by atoms with van der Waals surface area (Å²) in [5.41, 5.74) is 1.43. The number of fused-ring (bicyclic) bond motifs is 1. The van der Waals surface area contributed by atoms with Gasteiger partial charge in [0, 0.05) is 0 Å². The van der Waals surface area contributed by atoms with Crippen LogP contribution in [0.3, 0.4) is 0 Å². The normalized spacial score (nSPS) is 11.1. The van der Waals surface area contributed by atoms with Gasteiger partial charge in [-0.2, -0.15) is 4.98 Å². The van der Waals surface area contributed by atoms with E-state index in [0.717, 1.165) is 5.56 Å². The number of hydrogen-bond acceptors (Lipinski definition) is 3. The van der Waals surface area contributed by atoms with Crippen molar-refractivity contribution in [3.05, 3.63) is 57.6 Å². The van der Waals surface area contributed by atoms with Gasteiger partial charge in [-0.3, -0.25) is 9.55 Å². The fraction of sp³-hybridized carbons (Fsp3) is 0.0833. The van der Waals surface area contributed by atoms with Crippen molar-refractivity contribution in [2.24, 2.45) is 0 Å². The summed E-state index contributed by atoms with van der Waals surface area (Å²) in [7, 11) is 0. The molecule has 0 saturated heterocycles. The standard InChI is InChI=1S/C12H8ClFN4O/c13-11-15-5-9-10(16-11)17-12(19)18(9)6-7-1-3-8(14)4-2-7/h1-5H,6H2,(H,15,16,17,19). The highest BCUT2D eigenvalue weighted by Gasteiger charge is 2.09. The van der Waals surface area contributed by atoms with Gasteiger partial charge < -0.3 is 0 Å². The summed E-state index contributed by atoms with van der Waals surface area (Å²) in [6.07, 6.45) is 1.48. The number of halogens is 2. The molecule has 2 heterocycles. The topological polar surface area (TPSA) is 63.6 Å². The average molecular weight is 279 g/mol. The minimum absolute atomic E-state index is 0.0719. The first-order valence-corrected chi connectivity index (χ1v) is 5.87. The summed E-state index contributed by atoms with van der Waals surface area (Å²) >= 11 is 5.66. The van der Waals surface area contributed by atoms with Crippen molar-refractivity contribution in [3.8, 4) is 0 Å². The lowest BCUT2D eigenvalue weighted by Crippen LogP contribution is -2.17. The number of hydrogen-bond donors (Lipinski definition) is 1. The minimum Gasteiger partial charge on any atom is -0.290 e. The lowest BCUT2D eigenvalue weighted by atomic mass is 10.2. The number of imidazole rings is 1. The van der Waals surface area contributed by atoms with E-state index in [2.05, 4.69) is 15.0 Å². The second-order valence-corrected chi connectivity index (χ2v) is 4.35. The first-order valence-electron chi connectivity index (χ1n) is 5.49. The van der Waals surface area contributed by atoms with Crippen molar-refractivity contribution < 1.29 is 4.39 Å². The summed E-state index contributed by atoms with van der Waals surface area (Å²) in [6, 6.07) is 5.94. The monoisotopic (exact) mass is 278 g/mol. The Hall–Kier alpha value is -2.21. The SMILES string of the molecule is O=c1[nH]c2nc(Cl)ncc2n1Cc1ccc(F)cc1. The van der Waals surface area contributed by atoms with E-state index in [9.17, 15) is 9.18 Å². The molecule has 19 heavy (non-hydrogen) atoms. The summed E-state index contributed by atoms with van der Waals surface area (Å²) in [5.74, 6) is -0.315. The van der Waals surface area contributed by atoms with E-state index in [1.165, 1.54) is 22.9 Å². The molecule has 96 valence electrons. The molecule has 7 heteroatoms. The van der Waals surface area contributed by atoms with Crippen molar-refractivity contribution in [1.29, 1.82) is 0 Å². The second-order valence-electron chi connectivity index (χ2n) is 4.02. The zero-order valence-corrected chi connectivity index (χ0v) is 10.4. The van der Waals surface area contributed by atoms with Gasteiger partial charge in [0.25, 0.3) is 0 Å². The van der Waals surface area contributed by atoms with E-state index >= 15 is 0 Å². The number of nitrogens with one attached hydrogen (secondary N) is 1. The molecular weight excluding hydrogens is 271 g/mol. The third kappa shape index (κ3) is 2.22. The Morgan fingerprint density at radius 3 is 2.79 bits per heavy atom. The van der Waals surface area contributed by atoms with Gasteiger partial charge in [0.05, 0.1) is 12.7 Å². The van der Waals surface area contributed by atoms with Gasteiger partial charge in [-0.1, -0.05) is 12.1 Å². The zero-order valence-electron chi connectivity index (χ0n) is 9.60. The molecule has 1 N–H and O–H groups in total. The number of aromatic nitrogens is 4. The fourth-order valence-electron chi connectivity index (χ4n) is 1.85. The van der Waals surface area contributed by atoms with Crippen molar-refractivity contribution in [3.63, 3.8) is 0 Å². The maximum absolute atomic E-state index is 12.8. The molecule has 0 saturated carbocycles. The van der Waals surface area contributed by atoms with Gasteiger partial charge in [0.2, 0.25) is 5.28 Å². The Kier molecular flexibility index (Phi) is 2.79. The van der Waals surface area contributed by atoms with Crippen LogP contribution in [0.25, 0.3) is 11.2 Å². The van der Waals surface area contributed by atoms with Crippen LogP contribution in [-0.4, -0.2) is 19.5 Å². The highest BCUT2D eigenvalue weighted by Crippen LogP contribution is 2.11. The Morgan fingerprint density at radius 2 is 2.05 bits per heavy atom. The number of benzene rings is 1. The van der Waals surface area contributed by atoms with E-state index in [1.54, 1.807) is 12.1 Å². The van der Waals surface area contributed by atoms with E-state index in [0.29, 0.717) is 17.7 Å².